The van der Waals surface area contributed by atoms with E-state index in [0.717, 1.165) is 5.56 Å². The maximum atomic E-state index is 12.1. The quantitative estimate of drug-likeness (QED) is 0.794. The minimum absolute atomic E-state index is 0.0302. The number of nitrogens with zero attached hydrogens (tertiary/aromatic N) is 1. The highest BCUT2D eigenvalue weighted by molar-refractivity contribution is 5.89. The van der Waals surface area contributed by atoms with Crippen molar-refractivity contribution in [1.82, 2.24) is 5.32 Å². The van der Waals surface area contributed by atoms with Crippen molar-refractivity contribution < 1.29 is 9.90 Å². The number of nitrogens with one attached hydrogen (secondary N) is 2. The van der Waals surface area contributed by atoms with Gasteiger partial charge in [-0.05, 0) is 23.8 Å². The largest absolute Gasteiger partial charge is 0.394 e. The monoisotopic (exact) mass is 309 g/mol. The number of carbonyl (C=O) groups excluding carboxylic acids is 1. The molecule has 5 nitrogen and oxygen atoms in total. The molecule has 0 heterocycles. The molecule has 0 aromatic heterocycles. The standard InChI is InChI=1S/C18H19N3O2/c1-13(15-7-3-2-4-8-15)17(12-22)21-18(23)20-16-9-5-6-14(10-16)11-19/h2-10,13,17,22H,12H2,1H3,(H2,20,21,23). The number of hydrogen-bond donors (Lipinski definition) is 3. The van der Waals surface area contributed by atoms with E-state index in [2.05, 4.69) is 10.6 Å². The van der Waals surface area contributed by atoms with Crippen LogP contribution in [0.2, 0.25) is 0 Å². The molecule has 5 heteroatoms. The molecule has 0 saturated carbocycles. The van der Waals surface area contributed by atoms with Gasteiger partial charge in [-0.2, -0.15) is 5.26 Å². The van der Waals surface area contributed by atoms with Crippen LogP contribution in [0.1, 0.15) is 24.0 Å². The number of nitriles is 1. The van der Waals surface area contributed by atoms with E-state index in [4.69, 9.17) is 5.26 Å². The lowest BCUT2D eigenvalue weighted by Crippen LogP contribution is -2.43. The molecule has 118 valence electrons. The van der Waals surface area contributed by atoms with Crippen LogP contribution < -0.4 is 10.6 Å². The lowest BCUT2D eigenvalue weighted by Gasteiger charge is -2.24. The fourth-order valence-electron chi connectivity index (χ4n) is 2.32. The van der Waals surface area contributed by atoms with E-state index in [1.165, 1.54) is 0 Å². The third kappa shape index (κ3) is 4.56. The minimum atomic E-state index is -0.415. The van der Waals surface area contributed by atoms with Crippen LogP contribution in [0.25, 0.3) is 0 Å². The van der Waals surface area contributed by atoms with E-state index in [1.54, 1.807) is 24.3 Å². The predicted molar refractivity (Wildman–Crippen MR) is 89.0 cm³/mol. The predicted octanol–water partition coefficient (Wildman–Crippen LogP) is 2.84. The van der Waals surface area contributed by atoms with Crippen LogP contribution in [0.3, 0.4) is 0 Å². The first kappa shape index (κ1) is 16.5. The number of aliphatic hydroxyl groups excluding tert-OH is 1. The number of benzene rings is 2. The SMILES string of the molecule is CC(c1ccccc1)C(CO)NC(=O)Nc1cccc(C#N)c1. The fourth-order valence-corrected chi connectivity index (χ4v) is 2.32. The second kappa shape index (κ2) is 7.97. The molecule has 0 aliphatic carbocycles. The van der Waals surface area contributed by atoms with Crippen LogP contribution in [0, 0.1) is 11.3 Å². The van der Waals surface area contributed by atoms with Gasteiger partial charge in [0.1, 0.15) is 0 Å². The van der Waals surface area contributed by atoms with Gasteiger partial charge in [-0.3, -0.25) is 0 Å². The number of amides is 2. The van der Waals surface area contributed by atoms with Crippen LogP contribution in [0.5, 0.6) is 0 Å². The normalized spacial score (nSPS) is 12.7. The van der Waals surface area contributed by atoms with Crippen molar-refractivity contribution in [3.05, 3.63) is 65.7 Å². The number of anilines is 1. The molecule has 23 heavy (non-hydrogen) atoms. The van der Waals surface area contributed by atoms with Gasteiger partial charge in [-0.1, -0.05) is 43.3 Å². The van der Waals surface area contributed by atoms with Crippen LogP contribution in [-0.4, -0.2) is 23.8 Å². The Balaban J connectivity index is 2.01. The van der Waals surface area contributed by atoms with Crippen molar-refractivity contribution in [1.29, 1.82) is 5.26 Å². The average molecular weight is 309 g/mol. The number of urea groups is 1. The molecule has 2 unspecified atom stereocenters. The Kier molecular flexibility index (Phi) is 5.73. The van der Waals surface area contributed by atoms with E-state index in [0.29, 0.717) is 11.3 Å². The zero-order valence-electron chi connectivity index (χ0n) is 12.9. The van der Waals surface area contributed by atoms with Crippen LogP contribution in [0.15, 0.2) is 54.6 Å². The molecule has 2 amide bonds. The van der Waals surface area contributed by atoms with Crippen LogP contribution in [0.4, 0.5) is 10.5 Å². The maximum absolute atomic E-state index is 12.1. The zero-order valence-corrected chi connectivity index (χ0v) is 12.9. The Bertz CT molecular complexity index is 695. The van der Waals surface area contributed by atoms with Crippen molar-refractivity contribution >= 4 is 11.7 Å². The highest BCUT2D eigenvalue weighted by atomic mass is 16.3. The summed E-state index contributed by atoms with van der Waals surface area (Å²) in [6, 6.07) is 17.6. The molecule has 0 spiro atoms. The van der Waals surface area contributed by atoms with E-state index in [1.807, 2.05) is 43.3 Å². The Morgan fingerprint density at radius 3 is 2.61 bits per heavy atom. The summed E-state index contributed by atoms with van der Waals surface area (Å²) in [5, 5.41) is 23.9. The molecule has 0 aliphatic heterocycles. The molecule has 0 aliphatic rings. The first-order chi connectivity index (χ1) is 11.1. The lowest BCUT2D eigenvalue weighted by atomic mass is 9.94. The smallest absolute Gasteiger partial charge is 0.319 e. The van der Waals surface area contributed by atoms with Gasteiger partial charge >= 0.3 is 6.03 Å². The summed E-state index contributed by atoms with van der Waals surface area (Å²) >= 11 is 0. The third-order valence-corrected chi connectivity index (χ3v) is 3.69. The summed E-state index contributed by atoms with van der Waals surface area (Å²) in [5.41, 5.74) is 2.04. The molecule has 0 bridgehead atoms. The minimum Gasteiger partial charge on any atom is -0.394 e. The third-order valence-electron chi connectivity index (χ3n) is 3.69. The number of carbonyl (C=O) groups is 1. The van der Waals surface area contributed by atoms with Crippen molar-refractivity contribution in [2.45, 2.75) is 18.9 Å². The summed E-state index contributed by atoms with van der Waals surface area (Å²) in [5.74, 6) is -0.0302. The highest BCUT2D eigenvalue weighted by Gasteiger charge is 2.20. The summed E-state index contributed by atoms with van der Waals surface area (Å²) in [6.07, 6.45) is 0. The molecule has 2 aromatic rings. The average Bonchev–Trinajstić information content (AvgIpc) is 2.60. The Morgan fingerprint density at radius 1 is 1.22 bits per heavy atom. The fraction of sp³-hybridized carbons (Fsp3) is 0.222. The molecule has 0 fully saturated rings. The van der Waals surface area contributed by atoms with Gasteiger partial charge in [-0.15, -0.1) is 0 Å². The number of rotatable bonds is 5. The summed E-state index contributed by atoms with van der Waals surface area (Å²) in [7, 11) is 0. The molecule has 0 saturated heterocycles. The van der Waals surface area contributed by atoms with Crippen molar-refractivity contribution in [3.63, 3.8) is 0 Å². The summed E-state index contributed by atoms with van der Waals surface area (Å²) in [6.45, 7) is 1.79. The summed E-state index contributed by atoms with van der Waals surface area (Å²) in [4.78, 5) is 12.1. The van der Waals surface area contributed by atoms with Crippen LogP contribution in [-0.2, 0) is 0 Å². The molecular weight excluding hydrogens is 290 g/mol. The molecule has 2 rings (SSSR count). The Morgan fingerprint density at radius 2 is 1.96 bits per heavy atom. The zero-order chi connectivity index (χ0) is 16.7. The van der Waals surface area contributed by atoms with Crippen molar-refractivity contribution in [3.8, 4) is 6.07 Å². The molecule has 2 atom stereocenters. The van der Waals surface area contributed by atoms with E-state index < -0.39 is 12.1 Å². The van der Waals surface area contributed by atoms with Gasteiger partial charge < -0.3 is 15.7 Å². The molecular formula is C18H19N3O2. The first-order valence-electron chi connectivity index (χ1n) is 7.37. The number of aliphatic hydroxyl groups is 1. The van der Waals surface area contributed by atoms with Gasteiger partial charge in [-0.25, -0.2) is 4.79 Å². The topological polar surface area (TPSA) is 85.2 Å². The Hall–Kier alpha value is -2.84. The first-order valence-corrected chi connectivity index (χ1v) is 7.37. The van der Waals surface area contributed by atoms with E-state index >= 15 is 0 Å². The van der Waals surface area contributed by atoms with Gasteiger partial charge in [0, 0.05) is 11.6 Å². The molecule has 3 N–H and O–H groups in total. The highest BCUT2D eigenvalue weighted by Crippen LogP contribution is 2.19. The number of hydrogen-bond acceptors (Lipinski definition) is 3. The molecule has 2 aromatic carbocycles. The maximum Gasteiger partial charge on any atom is 0.319 e. The molecule has 0 radical (unpaired) electrons. The van der Waals surface area contributed by atoms with E-state index in [-0.39, 0.29) is 12.5 Å². The van der Waals surface area contributed by atoms with Crippen molar-refractivity contribution in [2.75, 3.05) is 11.9 Å². The van der Waals surface area contributed by atoms with E-state index in [9.17, 15) is 9.90 Å². The lowest BCUT2D eigenvalue weighted by molar-refractivity contribution is 0.215. The summed E-state index contributed by atoms with van der Waals surface area (Å²) < 4.78 is 0. The second-order valence-corrected chi connectivity index (χ2v) is 5.28. The Labute approximate surface area is 135 Å². The van der Waals surface area contributed by atoms with Gasteiger partial charge in [0.05, 0.1) is 24.3 Å². The van der Waals surface area contributed by atoms with Gasteiger partial charge in [0.15, 0.2) is 0 Å². The van der Waals surface area contributed by atoms with Gasteiger partial charge in [0.2, 0.25) is 0 Å². The van der Waals surface area contributed by atoms with Crippen LogP contribution >= 0.6 is 0 Å². The second-order valence-electron chi connectivity index (χ2n) is 5.28. The van der Waals surface area contributed by atoms with Crippen molar-refractivity contribution in [2.24, 2.45) is 0 Å². The van der Waals surface area contributed by atoms with Gasteiger partial charge in [0.25, 0.3) is 0 Å².